The van der Waals surface area contributed by atoms with Gasteiger partial charge in [-0.25, -0.2) is 12.7 Å². The molecule has 2 heterocycles. The highest BCUT2D eigenvalue weighted by molar-refractivity contribution is 7.89. The molecule has 2 saturated heterocycles. The van der Waals surface area contributed by atoms with Crippen molar-refractivity contribution in [3.63, 3.8) is 0 Å². The summed E-state index contributed by atoms with van der Waals surface area (Å²) in [7, 11) is -3.10. The van der Waals surface area contributed by atoms with E-state index in [-0.39, 0.29) is 17.6 Å². The second-order valence-electron chi connectivity index (χ2n) is 6.76. The molecule has 0 aromatic carbocycles. The molecule has 1 amide bonds. The van der Waals surface area contributed by atoms with Gasteiger partial charge in [0.25, 0.3) is 0 Å². The minimum absolute atomic E-state index is 0.00538. The molecule has 0 aliphatic carbocycles. The Bertz CT molecular complexity index is 459. The first-order valence-corrected chi connectivity index (χ1v) is 9.71. The van der Waals surface area contributed by atoms with Crippen LogP contribution in [0.3, 0.4) is 0 Å². The number of amides is 1. The zero-order chi connectivity index (χ0) is 15.6. The van der Waals surface area contributed by atoms with Crippen molar-refractivity contribution in [2.24, 2.45) is 17.8 Å². The van der Waals surface area contributed by atoms with Crippen LogP contribution in [0.1, 0.15) is 40.0 Å². The van der Waals surface area contributed by atoms with Crippen LogP contribution in [0.5, 0.6) is 0 Å². The van der Waals surface area contributed by atoms with Crippen LogP contribution >= 0.6 is 0 Å². The molecule has 0 spiro atoms. The zero-order valence-corrected chi connectivity index (χ0v) is 14.2. The van der Waals surface area contributed by atoms with E-state index in [1.165, 1.54) is 10.7 Å². The van der Waals surface area contributed by atoms with Gasteiger partial charge in [-0.15, -0.1) is 0 Å². The Morgan fingerprint density at radius 2 is 1.62 bits per heavy atom. The van der Waals surface area contributed by atoms with Gasteiger partial charge in [-0.1, -0.05) is 13.8 Å². The Morgan fingerprint density at radius 3 is 2.10 bits per heavy atom. The Hall–Kier alpha value is -0.620. The van der Waals surface area contributed by atoms with Crippen molar-refractivity contribution in [2.75, 3.05) is 31.9 Å². The summed E-state index contributed by atoms with van der Waals surface area (Å²) in [6.45, 7) is 8.77. The summed E-state index contributed by atoms with van der Waals surface area (Å²) in [6.07, 6.45) is 2.52. The topological polar surface area (TPSA) is 57.7 Å². The molecule has 0 aromatic heterocycles. The van der Waals surface area contributed by atoms with Crippen LogP contribution in [-0.2, 0) is 14.8 Å². The lowest BCUT2D eigenvalue weighted by Gasteiger charge is -2.39. The number of rotatable bonds is 3. The molecular formula is C15H28N2O3S. The van der Waals surface area contributed by atoms with E-state index in [4.69, 9.17) is 0 Å². The van der Waals surface area contributed by atoms with Gasteiger partial charge < -0.3 is 4.90 Å². The maximum absolute atomic E-state index is 12.6. The molecular weight excluding hydrogens is 288 g/mol. The van der Waals surface area contributed by atoms with E-state index < -0.39 is 10.0 Å². The molecule has 6 heteroatoms. The number of nitrogens with zero attached hydrogens (tertiary/aromatic N) is 2. The largest absolute Gasteiger partial charge is 0.342 e. The van der Waals surface area contributed by atoms with Gasteiger partial charge in [0.15, 0.2) is 0 Å². The van der Waals surface area contributed by atoms with Crippen LogP contribution < -0.4 is 0 Å². The second-order valence-corrected chi connectivity index (χ2v) is 9.02. The normalized spacial score (nSPS) is 29.6. The number of likely N-dealkylation sites (tertiary alicyclic amines) is 1. The standard InChI is InChI=1S/C15H28N2O3S/c1-4-21(19,20)17-7-5-14(6-8-17)15(18)16-10-12(2)9-13(3)11-16/h12-14H,4-11H2,1-3H3. The third-order valence-electron chi connectivity index (χ3n) is 4.74. The van der Waals surface area contributed by atoms with Crippen LogP contribution in [0.4, 0.5) is 0 Å². The first-order chi connectivity index (χ1) is 9.83. The Labute approximate surface area is 128 Å². The molecule has 0 N–H and O–H groups in total. The summed E-state index contributed by atoms with van der Waals surface area (Å²) in [5.74, 6) is 1.52. The number of hydrogen-bond donors (Lipinski definition) is 0. The highest BCUT2D eigenvalue weighted by atomic mass is 32.2. The molecule has 2 fully saturated rings. The minimum atomic E-state index is -3.10. The number of hydrogen-bond acceptors (Lipinski definition) is 3. The van der Waals surface area contributed by atoms with E-state index >= 15 is 0 Å². The summed E-state index contributed by atoms with van der Waals surface area (Å²) < 4.78 is 25.2. The quantitative estimate of drug-likeness (QED) is 0.794. The smallest absolute Gasteiger partial charge is 0.225 e. The predicted octanol–water partition coefficient (Wildman–Crippen LogP) is 1.55. The summed E-state index contributed by atoms with van der Waals surface area (Å²) in [5, 5.41) is 0. The van der Waals surface area contributed by atoms with E-state index in [1.807, 2.05) is 4.90 Å². The highest BCUT2D eigenvalue weighted by Gasteiger charge is 2.34. The summed E-state index contributed by atoms with van der Waals surface area (Å²) >= 11 is 0. The second kappa shape index (κ2) is 6.65. The third-order valence-corrected chi connectivity index (χ3v) is 6.62. The molecule has 2 atom stereocenters. The predicted molar refractivity (Wildman–Crippen MR) is 83.3 cm³/mol. The van der Waals surface area contributed by atoms with Gasteiger partial charge in [0, 0.05) is 32.1 Å². The molecule has 2 aliphatic heterocycles. The molecule has 2 aliphatic rings. The third kappa shape index (κ3) is 3.97. The first-order valence-electron chi connectivity index (χ1n) is 8.10. The van der Waals surface area contributed by atoms with Crippen molar-refractivity contribution in [3.8, 4) is 0 Å². The molecule has 0 aromatic rings. The average Bonchev–Trinajstić information content (AvgIpc) is 2.45. The van der Waals surface area contributed by atoms with Crippen LogP contribution in [0.25, 0.3) is 0 Å². The molecule has 0 saturated carbocycles. The lowest BCUT2D eigenvalue weighted by atomic mass is 9.89. The number of piperidine rings is 2. The van der Waals surface area contributed by atoms with Crippen molar-refractivity contribution in [3.05, 3.63) is 0 Å². The number of carbonyl (C=O) groups is 1. The molecule has 122 valence electrons. The van der Waals surface area contributed by atoms with Crippen molar-refractivity contribution in [2.45, 2.75) is 40.0 Å². The fourth-order valence-electron chi connectivity index (χ4n) is 3.66. The lowest BCUT2D eigenvalue weighted by Crippen LogP contribution is -2.48. The fraction of sp³-hybridized carbons (Fsp3) is 0.933. The highest BCUT2D eigenvalue weighted by Crippen LogP contribution is 2.26. The lowest BCUT2D eigenvalue weighted by molar-refractivity contribution is -0.139. The van der Waals surface area contributed by atoms with Crippen LogP contribution in [0.15, 0.2) is 0 Å². The SMILES string of the molecule is CCS(=O)(=O)N1CCC(C(=O)N2CC(C)CC(C)C2)CC1. The number of sulfonamides is 1. The van der Waals surface area contributed by atoms with Gasteiger partial charge in [-0.2, -0.15) is 0 Å². The van der Waals surface area contributed by atoms with E-state index in [9.17, 15) is 13.2 Å². The van der Waals surface area contributed by atoms with Crippen LogP contribution in [0.2, 0.25) is 0 Å². The monoisotopic (exact) mass is 316 g/mol. The minimum Gasteiger partial charge on any atom is -0.342 e. The maximum Gasteiger partial charge on any atom is 0.225 e. The first kappa shape index (κ1) is 16.7. The van der Waals surface area contributed by atoms with Crippen LogP contribution in [-0.4, -0.2) is 55.5 Å². The van der Waals surface area contributed by atoms with E-state index in [0.717, 1.165) is 13.1 Å². The van der Waals surface area contributed by atoms with E-state index in [2.05, 4.69) is 13.8 Å². The molecule has 2 unspecified atom stereocenters. The Balaban J connectivity index is 1.91. The molecule has 0 bridgehead atoms. The summed E-state index contributed by atoms with van der Waals surface area (Å²) in [6, 6.07) is 0. The van der Waals surface area contributed by atoms with Gasteiger partial charge in [-0.05, 0) is 38.0 Å². The molecule has 2 rings (SSSR count). The van der Waals surface area contributed by atoms with Gasteiger partial charge >= 0.3 is 0 Å². The zero-order valence-electron chi connectivity index (χ0n) is 13.4. The number of carbonyl (C=O) groups excluding carboxylic acids is 1. The molecule has 5 nitrogen and oxygen atoms in total. The average molecular weight is 316 g/mol. The Morgan fingerprint density at radius 1 is 1.10 bits per heavy atom. The molecule has 21 heavy (non-hydrogen) atoms. The van der Waals surface area contributed by atoms with E-state index in [1.54, 1.807) is 6.92 Å². The summed E-state index contributed by atoms with van der Waals surface area (Å²) in [5.41, 5.74) is 0. The maximum atomic E-state index is 12.6. The van der Waals surface area contributed by atoms with Gasteiger partial charge in [0.1, 0.15) is 0 Å². The van der Waals surface area contributed by atoms with Gasteiger partial charge in [-0.3, -0.25) is 4.79 Å². The van der Waals surface area contributed by atoms with Gasteiger partial charge in [0.05, 0.1) is 5.75 Å². The van der Waals surface area contributed by atoms with Crippen molar-refractivity contribution >= 4 is 15.9 Å². The summed E-state index contributed by atoms with van der Waals surface area (Å²) in [4.78, 5) is 14.6. The van der Waals surface area contributed by atoms with Crippen molar-refractivity contribution in [1.29, 1.82) is 0 Å². The van der Waals surface area contributed by atoms with Gasteiger partial charge in [0.2, 0.25) is 15.9 Å². The van der Waals surface area contributed by atoms with Crippen molar-refractivity contribution < 1.29 is 13.2 Å². The Kier molecular flexibility index (Phi) is 5.30. The van der Waals surface area contributed by atoms with E-state index in [0.29, 0.717) is 37.8 Å². The fourth-order valence-corrected chi connectivity index (χ4v) is 4.80. The van der Waals surface area contributed by atoms with Crippen LogP contribution in [0, 0.1) is 17.8 Å². The van der Waals surface area contributed by atoms with Crippen molar-refractivity contribution in [1.82, 2.24) is 9.21 Å². The molecule has 0 radical (unpaired) electrons.